The number of carbonyl (C=O) groups is 3. The maximum atomic E-state index is 12.9. The van der Waals surface area contributed by atoms with Gasteiger partial charge in [-0.1, -0.05) is 61.4 Å². The van der Waals surface area contributed by atoms with Gasteiger partial charge in [0.25, 0.3) is 5.56 Å². The lowest BCUT2D eigenvalue weighted by Gasteiger charge is -2.36. The number of aromatic nitrogens is 2. The van der Waals surface area contributed by atoms with Crippen LogP contribution in [0.15, 0.2) is 57.2 Å². The summed E-state index contributed by atoms with van der Waals surface area (Å²) in [5.74, 6) is 0.275. The standard InChI is InChI=1S/C38H56N5O8PS.CH4O/c1-7-39-26-49-52(43(27(2)3)28(4)5)51-33-24-35(50-29(33)6)42-25-31(36(46)41-38(42)48)19-20-34(45)40-22-15-10-8-9-14-18-32(44)21-23-53-37(47)30-16-12-11-13-17-30;1-2/h11-13,16-17,19-20,25-29,33,35H,7-10,14-15,18,21-24H2,1-6H3,(H,40,45)(H,41,46,48);2H,1H3/b20-19+,39-26?;/t29-,33?,35-,52?;/m1./s1/i6D;2T. The van der Waals surface area contributed by atoms with Crippen molar-refractivity contribution < 1.29 is 34.6 Å². The number of nitrogens with zero attached hydrogens (tertiary/aromatic N) is 3. The lowest BCUT2D eigenvalue weighted by Crippen LogP contribution is -2.35. The number of ether oxygens (including phenoxy) is 1. The molecule has 16 heteroatoms. The molecule has 1 amide bonds. The van der Waals surface area contributed by atoms with E-state index in [1.807, 2.05) is 52.8 Å². The minimum Gasteiger partial charge on any atom is -0.425 e. The molecule has 3 N–H and O–H groups in total. The van der Waals surface area contributed by atoms with Gasteiger partial charge in [-0.2, -0.15) is 0 Å². The van der Waals surface area contributed by atoms with Gasteiger partial charge in [0.15, 0.2) is 6.40 Å². The van der Waals surface area contributed by atoms with Crippen LogP contribution < -0.4 is 16.6 Å². The number of hydrogen-bond acceptors (Lipinski definition) is 12. The zero-order chi connectivity index (χ0) is 42.2. The molecule has 3 rings (SSSR count). The van der Waals surface area contributed by atoms with Crippen molar-refractivity contribution >= 4 is 49.6 Å². The van der Waals surface area contributed by atoms with Gasteiger partial charge in [-0.15, -0.1) is 0 Å². The van der Waals surface area contributed by atoms with E-state index in [1.165, 1.54) is 48.2 Å². The molecule has 306 valence electrons. The number of benzene rings is 1. The van der Waals surface area contributed by atoms with Crippen LogP contribution in [0, 0.1) is 0 Å². The normalized spacial score (nSPS) is 18.0. The van der Waals surface area contributed by atoms with Crippen molar-refractivity contribution in [2.45, 2.75) is 123 Å². The second-order valence-corrected chi connectivity index (χ2v) is 15.6. The second-order valence-electron chi connectivity index (χ2n) is 13.2. The molecule has 1 saturated heterocycles. The van der Waals surface area contributed by atoms with Gasteiger partial charge in [-0.25, -0.2) is 9.46 Å². The van der Waals surface area contributed by atoms with E-state index in [0.29, 0.717) is 37.2 Å². The zero-order valence-corrected chi connectivity index (χ0v) is 34.7. The van der Waals surface area contributed by atoms with Crippen molar-refractivity contribution in [2.24, 2.45) is 4.99 Å². The third kappa shape index (κ3) is 17.1. The van der Waals surface area contributed by atoms with Crippen molar-refractivity contribution in [3.63, 3.8) is 0 Å². The van der Waals surface area contributed by atoms with Gasteiger partial charge in [-0.05, 0) is 60.4 Å². The second kappa shape index (κ2) is 26.4. The van der Waals surface area contributed by atoms with Gasteiger partial charge in [0, 0.05) is 76.5 Å². The summed E-state index contributed by atoms with van der Waals surface area (Å²) in [6.45, 7) is 11.0. The number of thioether (sulfide) groups is 1. The number of nitrogens with one attached hydrogen (secondary N) is 2. The Balaban J connectivity index is 0.00000362. The predicted octanol–water partition coefficient (Wildman–Crippen LogP) is 6.25. The van der Waals surface area contributed by atoms with Gasteiger partial charge in [0.1, 0.15) is 12.0 Å². The Morgan fingerprint density at radius 3 is 2.53 bits per heavy atom. The number of amides is 1. The van der Waals surface area contributed by atoms with Crippen molar-refractivity contribution in [1.82, 2.24) is 19.5 Å². The Kier molecular flexibility index (Phi) is 21.2. The molecular formula is C39H60N5O9PS. The van der Waals surface area contributed by atoms with E-state index in [2.05, 4.69) is 25.1 Å². The number of Topliss-reactive ketones (excluding diaryl/α,β-unsaturated/α-hetero) is 1. The summed E-state index contributed by atoms with van der Waals surface area (Å²) < 4.78 is 35.6. The number of aliphatic hydroxyl groups excluding tert-OH is 1. The van der Waals surface area contributed by atoms with Crippen LogP contribution in [0.5, 0.6) is 0 Å². The van der Waals surface area contributed by atoms with E-state index < -0.39 is 38.2 Å². The van der Waals surface area contributed by atoms with E-state index in [-0.39, 0.29) is 47.8 Å². The lowest BCUT2D eigenvalue weighted by molar-refractivity contribution is -0.119. The van der Waals surface area contributed by atoms with Crippen molar-refractivity contribution in [3.05, 3.63) is 74.6 Å². The molecule has 2 unspecified atom stereocenters. The van der Waals surface area contributed by atoms with Gasteiger partial charge in [0.05, 0.1) is 17.8 Å². The van der Waals surface area contributed by atoms with Crippen molar-refractivity contribution in [1.29, 1.82) is 1.43 Å². The first-order valence-corrected chi connectivity index (χ1v) is 20.9. The predicted molar refractivity (Wildman–Crippen MR) is 220 cm³/mol. The average Bonchev–Trinajstić information content (AvgIpc) is 3.58. The fourth-order valence-corrected chi connectivity index (χ4v) is 8.08. The summed E-state index contributed by atoms with van der Waals surface area (Å²) in [5, 5.41) is 6.29. The first-order chi connectivity index (χ1) is 27.4. The smallest absolute Gasteiger partial charge is 0.330 e. The molecule has 1 aliphatic rings. The van der Waals surface area contributed by atoms with Crippen LogP contribution in [-0.2, 0) is 23.4 Å². The summed E-state index contributed by atoms with van der Waals surface area (Å²) in [5.41, 5.74) is -0.568. The van der Waals surface area contributed by atoms with Crippen LogP contribution in [-0.4, -0.2) is 94.2 Å². The first kappa shape index (κ1) is 44.3. The Bertz CT molecular complexity index is 1670. The number of aliphatic hydroxyl groups is 1. The van der Waals surface area contributed by atoms with Gasteiger partial charge >= 0.3 is 14.2 Å². The highest BCUT2D eigenvalue weighted by molar-refractivity contribution is 8.14. The molecule has 1 aromatic carbocycles. The molecule has 2 heterocycles. The largest absolute Gasteiger partial charge is 0.425 e. The summed E-state index contributed by atoms with van der Waals surface area (Å²) in [7, 11) is -0.311. The number of aliphatic imine (C=N–C) groups is 1. The van der Waals surface area contributed by atoms with Crippen LogP contribution in [0.2, 0.25) is 0 Å². The molecule has 2 aromatic rings. The van der Waals surface area contributed by atoms with Crippen LogP contribution in [0.25, 0.3) is 6.08 Å². The molecule has 0 bridgehead atoms. The highest BCUT2D eigenvalue weighted by atomic mass is 32.2. The SMILES string of the molecule is [2H]C[C@H]1O[C@@H](n2cc(/C=C/C(=O)NCCCCCCCC(=O)CCSC(=O)c3ccccc3)c(=O)[nH]c2=O)CC1OP(OC=NCC)N(C(C)C)C(C)C.[3H]OC. The molecule has 0 spiro atoms. The van der Waals surface area contributed by atoms with E-state index in [4.69, 9.17) is 16.6 Å². The maximum Gasteiger partial charge on any atom is 0.330 e. The van der Waals surface area contributed by atoms with Crippen LogP contribution in [0.4, 0.5) is 0 Å². The van der Waals surface area contributed by atoms with Crippen LogP contribution >= 0.6 is 20.3 Å². The number of unbranched alkanes of at least 4 members (excludes halogenated alkanes) is 4. The molecular weight excluding hydrogens is 745 g/mol. The Hall–Kier alpha value is -3.46. The molecule has 0 aliphatic carbocycles. The van der Waals surface area contributed by atoms with Crippen molar-refractivity contribution in [3.8, 4) is 0 Å². The molecule has 0 saturated carbocycles. The van der Waals surface area contributed by atoms with Gasteiger partial charge in [-0.3, -0.25) is 33.7 Å². The first-order valence-electron chi connectivity index (χ1n) is 19.9. The molecule has 4 atom stereocenters. The Labute approximate surface area is 333 Å². The fourth-order valence-electron chi connectivity index (χ4n) is 5.64. The highest BCUT2D eigenvalue weighted by Gasteiger charge is 2.40. The average molecular weight is 809 g/mol. The van der Waals surface area contributed by atoms with Gasteiger partial charge < -0.3 is 24.2 Å². The Morgan fingerprint density at radius 1 is 1.16 bits per heavy atom. The van der Waals surface area contributed by atoms with Crippen LogP contribution in [0.3, 0.4) is 0 Å². The third-order valence-electron chi connectivity index (χ3n) is 8.32. The quantitative estimate of drug-likeness (QED) is 0.0380. The number of H-pyrrole nitrogens is 1. The number of hydrogen-bond donors (Lipinski definition) is 3. The van der Waals surface area contributed by atoms with Gasteiger partial charge in [0.2, 0.25) is 12.5 Å². The topological polar surface area (TPSA) is 182 Å². The Morgan fingerprint density at radius 2 is 1.85 bits per heavy atom. The minimum atomic E-state index is -1.60. The monoisotopic (exact) mass is 808 g/mol. The zero-order valence-electron chi connectivity index (χ0n) is 34.9. The minimum absolute atomic E-state index is 0.0186. The van der Waals surface area contributed by atoms with Crippen molar-refractivity contribution in [2.75, 3.05) is 26.0 Å². The highest BCUT2D eigenvalue weighted by Crippen LogP contribution is 2.49. The third-order valence-corrected chi connectivity index (χ3v) is 11.3. The van der Waals surface area contributed by atoms with Crippen LogP contribution in [0.1, 0.15) is 116 Å². The number of aromatic amines is 1. The van der Waals surface area contributed by atoms with E-state index in [1.54, 1.807) is 12.1 Å². The van der Waals surface area contributed by atoms with E-state index >= 15 is 0 Å². The lowest BCUT2D eigenvalue weighted by atomic mass is 10.1. The summed E-state index contributed by atoms with van der Waals surface area (Å²) in [6, 6.07) is 9.24. The van der Waals surface area contributed by atoms with E-state index in [9.17, 15) is 24.0 Å². The maximum absolute atomic E-state index is 12.9. The molecule has 1 fully saturated rings. The fraction of sp³-hybridized carbons (Fsp3) is 0.590. The molecule has 55 heavy (non-hydrogen) atoms. The molecule has 1 aliphatic heterocycles. The summed E-state index contributed by atoms with van der Waals surface area (Å²) >= 11 is 1.18. The molecule has 0 radical (unpaired) electrons. The number of rotatable bonds is 23. The van der Waals surface area contributed by atoms with E-state index in [0.717, 1.165) is 32.1 Å². The number of carbonyl (C=O) groups excluding carboxylic acids is 3. The molecule has 1 aromatic heterocycles. The summed E-state index contributed by atoms with van der Waals surface area (Å²) in [4.78, 5) is 68.8. The molecule has 14 nitrogen and oxygen atoms in total. The summed E-state index contributed by atoms with van der Waals surface area (Å²) in [6.07, 6.45) is 8.75. The number of ketones is 1.